The minimum Gasteiger partial charge on any atom is -0.444 e. The molecule has 1 amide bonds. The Hall–Kier alpha value is -1.62. The van der Waals surface area contributed by atoms with Crippen LogP contribution in [0.25, 0.3) is 0 Å². The summed E-state index contributed by atoms with van der Waals surface area (Å²) in [7, 11) is 0. The van der Waals surface area contributed by atoms with Crippen LogP contribution in [0.1, 0.15) is 36.7 Å². The van der Waals surface area contributed by atoms with Crippen LogP contribution < -0.4 is 5.32 Å². The second kappa shape index (κ2) is 5.82. The van der Waals surface area contributed by atoms with Gasteiger partial charge < -0.3 is 4.74 Å². The molecule has 1 aromatic rings. The van der Waals surface area contributed by atoms with Crippen LogP contribution >= 0.6 is 11.6 Å². The minimum absolute atomic E-state index is 0.139. The number of amides is 1. The molecule has 1 heterocycles. The van der Waals surface area contributed by atoms with Gasteiger partial charge in [0, 0.05) is 18.0 Å². The molecule has 0 atom stereocenters. The van der Waals surface area contributed by atoms with E-state index in [0.717, 1.165) is 0 Å². The number of rotatable bonds is 3. The first-order valence-electron chi connectivity index (χ1n) is 5.35. The lowest BCUT2D eigenvalue weighted by molar-refractivity contribution is 0.0636. The molecule has 0 bridgehead atoms. The van der Waals surface area contributed by atoms with E-state index in [0.29, 0.717) is 17.5 Å². The van der Waals surface area contributed by atoms with Gasteiger partial charge in [0.15, 0.2) is 6.29 Å². The Morgan fingerprint density at radius 2 is 2.17 bits per heavy atom. The number of aromatic nitrogens is 1. The second-order valence-corrected chi connectivity index (χ2v) is 4.91. The van der Waals surface area contributed by atoms with Crippen LogP contribution in [0.5, 0.6) is 0 Å². The van der Waals surface area contributed by atoms with Crippen LogP contribution in [0.3, 0.4) is 0 Å². The standard InChI is InChI=1S/C12H15ClN2O3/c1-12(2,3)18-11(17)15-10-8(4-13)5-14-6-9(10)7-16/h5-7H,4H2,1-3H3,(H,14,15,17). The molecule has 0 saturated carbocycles. The fraction of sp³-hybridized carbons (Fsp3) is 0.417. The Balaban J connectivity index is 2.95. The average Bonchev–Trinajstić information content (AvgIpc) is 2.26. The van der Waals surface area contributed by atoms with Crippen LogP contribution in [0.4, 0.5) is 10.5 Å². The highest BCUT2D eigenvalue weighted by Crippen LogP contribution is 2.21. The lowest BCUT2D eigenvalue weighted by Crippen LogP contribution is -2.28. The Labute approximate surface area is 110 Å². The van der Waals surface area contributed by atoms with E-state index in [9.17, 15) is 9.59 Å². The van der Waals surface area contributed by atoms with Gasteiger partial charge in [-0.2, -0.15) is 0 Å². The first-order valence-corrected chi connectivity index (χ1v) is 5.89. The first kappa shape index (κ1) is 14.4. The maximum Gasteiger partial charge on any atom is 0.412 e. The van der Waals surface area contributed by atoms with Gasteiger partial charge in [-0.05, 0) is 20.8 Å². The van der Waals surface area contributed by atoms with Crippen molar-refractivity contribution in [3.8, 4) is 0 Å². The molecule has 1 N–H and O–H groups in total. The maximum absolute atomic E-state index is 11.7. The molecule has 0 aromatic carbocycles. The molecule has 1 aromatic heterocycles. The Kier molecular flexibility index (Phi) is 4.67. The van der Waals surface area contributed by atoms with Crippen molar-refractivity contribution in [2.24, 2.45) is 0 Å². The highest BCUT2D eigenvalue weighted by molar-refractivity contribution is 6.17. The number of nitrogens with zero attached hydrogens (tertiary/aromatic N) is 1. The van der Waals surface area contributed by atoms with Crippen molar-refractivity contribution in [2.75, 3.05) is 5.32 Å². The molecule has 0 saturated heterocycles. The molecule has 0 unspecified atom stereocenters. The largest absolute Gasteiger partial charge is 0.444 e. The number of alkyl halides is 1. The van der Waals surface area contributed by atoms with Crippen LogP contribution in [0.15, 0.2) is 12.4 Å². The van der Waals surface area contributed by atoms with Gasteiger partial charge in [0.1, 0.15) is 5.60 Å². The van der Waals surface area contributed by atoms with Gasteiger partial charge in [0.05, 0.1) is 17.1 Å². The third-order valence-corrected chi connectivity index (χ3v) is 2.24. The zero-order valence-corrected chi connectivity index (χ0v) is 11.2. The number of halogens is 1. The van der Waals surface area contributed by atoms with Gasteiger partial charge in [0.25, 0.3) is 0 Å². The average molecular weight is 271 g/mol. The summed E-state index contributed by atoms with van der Waals surface area (Å²) in [6.45, 7) is 5.26. The fourth-order valence-electron chi connectivity index (χ4n) is 1.27. The Morgan fingerprint density at radius 1 is 1.50 bits per heavy atom. The van der Waals surface area contributed by atoms with E-state index >= 15 is 0 Å². The number of hydrogen-bond donors (Lipinski definition) is 1. The molecular formula is C12H15ClN2O3. The van der Waals surface area contributed by atoms with E-state index < -0.39 is 11.7 Å². The molecule has 0 fully saturated rings. The molecule has 98 valence electrons. The number of anilines is 1. The number of ether oxygens (including phenoxy) is 1. The highest BCUT2D eigenvalue weighted by atomic mass is 35.5. The molecule has 0 radical (unpaired) electrons. The molecule has 0 aliphatic carbocycles. The smallest absolute Gasteiger partial charge is 0.412 e. The van der Waals surface area contributed by atoms with Gasteiger partial charge in [0.2, 0.25) is 0 Å². The van der Waals surface area contributed by atoms with Gasteiger partial charge in [-0.3, -0.25) is 15.1 Å². The number of carbonyl (C=O) groups excluding carboxylic acids is 2. The molecule has 0 aliphatic rings. The van der Waals surface area contributed by atoms with E-state index in [1.54, 1.807) is 20.8 Å². The topological polar surface area (TPSA) is 68.3 Å². The number of carbonyl (C=O) groups is 2. The van der Waals surface area contributed by atoms with Crippen molar-refractivity contribution in [3.63, 3.8) is 0 Å². The number of aldehydes is 1. The van der Waals surface area contributed by atoms with Crippen LogP contribution in [0.2, 0.25) is 0 Å². The van der Waals surface area contributed by atoms with Crippen molar-refractivity contribution in [2.45, 2.75) is 32.3 Å². The second-order valence-electron chi connectivity index (χ2n) is 4.64. The highest BCUT2D eigenvalue weighted by Gasteiger charge is 2.18. The number of pyridine rings is 1. The normalized spacial score (nSPS) is 10.9. The molecule has 0 spiro atoms. The van der Waals surface area contributed by atoms with Gasteiger partial charge in [-0.25, -0.2) is 4.79 Å². The van der Waals surface area contributed by atoms with Crippen molar-refractivity contribution in [1.82, 2.24) is 4.98 Å². The Bertz CT molecular complexity index is 455. The van der Waals surface area contributed by atoms with Gasteiger partial charge in [-0.1, -0.05) is 0 Å². The fourth-order valence-corrected chi connectivity index (χ4v) is 1.47. The van der Waals surface area contributed by atoms with Crippen molar-refractivity contribution < 1.29 is 14.3 Å². The molecule has 0 aliphatic heterocycles. The SMILES string of the molecule is CC(C)(C)OC(=O)Nc1c(C=O)cncc1CCl. The van der Waals surface area contributed by atoms with Crippen molar-refractivity contribution >= 4 is 29.7 Å². The number of hydrogen-bond acceptors (Lipinski definition) is 4. The summed E-state index contributed by atoms with van der Waals surface area (Å²) >= 11 is 5.73. The van der Waals surface area contributed by atoms with Crippen LogP contribution in [0, 0.1) is 0 Å². The molecule has 5 nitrogen and oxygen atoms in total. The molecule has 18 heavy (non-hydrogen) atoms. The van der Waals surface area contributed by atoms with Crippen molar-refractivity contribution in [1.29, 1.82) is 0 Å². The summed E-state index contributed by atoms with van der Waals surface area (Å²) in [5, 5.41) is 2.52. The lowest BCUT2D eigenvalue weighted by Gasteiger charge is -2.20. The monoisotopic (exact) mass is 270 g/mol. The maximum atomic E-state index is 11.7. The summed E-state index contributed by atoms with van der Waals surface area (Å²) in [5.41, 5.74) is 0.551. The minimum atomic E-state index is -0.636. The van der Waals surface area contributed by atoms with E-state index in [1.165, 1.54) is 12.4 Å². The van der Waals surface area contributed by atoms with Gasteiger partial charge in [-0.15, -0.1) is 11.6 Å². The summed E-state index contributed by atoms with van der Waals surface area (Å²) in [6.07, 6.45) is 2.82. The molecule has 6 heteroatoms. The molecular weight excluding hydrogens is 256 g/mol. The van der Waals surface area contributed by atoms with E-state index in [-0.39, 0.29) is 11.4 Å². The zero-order chi connectivity index (χ0) is 13.8. The van der Waals surface area contributed by atoms with E-state index in [1.807, 2.05) is 0 Å². The number of nitrogens with one attached hydrogen (secondary N) is 1. The quantitative estimate of drug-likeness (QED) is 0.677. The lowest BCUT2D eigenvalue weighted by atomic mass is 10.1. The van der Waals surface area contributed by atoms with Crippen LogP contribution in [-0.4, -0.2) is 23.0 Å². The van der Waals surface area contributed by atoms with E-state index in [4.69, 9.17) is 16.3 Å². The van der Waals surface area contributed by atoms with Crippen molar-refractivity contribution in [3.05, 3.63) is 23.5 Å². The summed E-state index contributed by atoms with van der Waals surface area (Å²) in [5.74, 6) is 0.139. The molecule has 1 rings (SSSR count). The first-order chi connectivity index (χ1) is 8.37. The summed E-state index contributed by atoms with van der Waals surface area (Å²) < 4.78 is 5.11. The van der Waals surface area contributed by atoms with Gasteiger partial charge >= 0.3 is 6.09 Å². The summed E-state index contributed by atoms with van der Waals surface area (Å²) in [6, 6.07) is 0. The summed E-state index contributed by atoms with van der Waals surface area (Å²) in [4.78, 5) is 26.4. The third-order valence-electron chi connectivity index (χ3n) is 1.95. The zero-order valence-electron chi connectivity index (χ0n) is 10.5. The van der Waals surface area contributed by atoms with Crippen LogP contribution in [-0.2, 0) is 10.6 Å². The van der Waals surface area contributed by atoms with E-state index in [2.05, 4.69) is 10.3 Å². The Morgan fingerprint density at radius 3 is 2.67 bits per heavy atom. The third kappa shape index (κ3) is 4.00. The predicted octanol–water partition coefficient (Wildman–Crippen LogP) is 2.98. The predicted molar refractivity (Wildman–Crippen MR) is 69.0 cm³/mol.